The number of hydrogen-bond acceptors (Lipinski definition) is 4. The van der Waals surface area contributed by atoms with Gasteiger partial charge in [0.05, 0.1) is 0 Å². The number of piperidine rings is 1. The van der Waals surface area contributed by atoms with E-state index in [1.165, 1.54) is 6.26 Å². The number of ketones is 1. The smallest absolute Gasteiger partial charge is 0.292 e. The van der Waals surface area contributed by atoms with Gasteiger partial charge in [-0.25, -0.2) is 0 Å². The fourth-order valence-corrected chi connectivity index (χ4v) is 2.82. The maximum atomic E-state index is 12.4. The van der Waals surface area contributed by atoms with E-state index in [1.807, 2.05) is 30.3 Å². The quantitative estimate of drug-likeness (QED) is 0.801. The Morgan fingerprint density at radius 3 is 2.41 bits per heavy atom. The number of carbonyl (C=O) groups is 2. The van der Waals surface area contributed by atoms with Gasteiger partial charge < -0.3 is 14.4 Å². The molecule has 2 aliphatic rings. The molecule has 116 valence electrons. The Bertz CT molecular complexity index is 574. The van der Waals surface area contributed by atoms with Gasteiger partial charge in [0.15, 0.2) is 5.78 Å². The molecule has 0 spiro atoms. The molecular weight excluding hydrogens is 282 g/mol. The van der Waals surface area contributed by atoms with E-state index in [4.69, 9.17) is 9.47 Å². The van der Waals surface area contributed by atoms with Crippen molar-refractivity contribution in [2.24, 2.45) is 5.92 Å². The van der Waals surface area contributed by atoms with Gasteiger partial charge in [0, 0.05) is 24.6 Å². The lowest BCUT2D eigenvalue weighted by Gasteiger charge is -2.32. The molecule has 2 heterocycles. The van der Waals surface area contributed by atoms with Gasteiger partial charge in [0.2, 0.25) is 5.76 Å². The zero-order chi connectivity index (χ0) is 15.4. The number of hydrogen-bond donors (Lipinski definition) is 0. The summed E-state index contributed by atoms with van der Waals surface area (Å²) >= 11 is 0. The fourth-order valence-electron chi connectivity index (χ4n) is 2.82. The van der Waals surface area contributed by atoms with E-state index in [1.54, 1.807) is 4.90 Å². The van der Waals surface area contributed by atoms with Crippen molar-refractivity contribution >= 4 is 11.7 Å². The van der Waals surface area contributed by atoms with Crippen LogP contribution < -0.4 is 0 Å². The molecule has 0 saturated carbocycles. The van der Waals surface area contributed by atoms with Crippen LogP contribution >= 0.6 is 0 Å². The van der Waals surface area contributed by atoms with Crippen LogP contribution in [0.1, 0.15) is 23.2 Å². The molecule has 5 heteroatoms. The minimum absolute atomic E-state index is 0.0102. The molecule has 3 rings (SSSR count). The normalized spacial score (nSPS) is 18.9. The second-order valence-corrected chi connectivity index (χ2v) is 5.50. The van der Waals surface area contributed by atoms with E-state index in [2.05, 4.69) is 0 Å². The number of benzene rings is 1. The summed E-state index contributed by atoms with van der Waals surface area (Å²) in [4.78, 5) is 26.4. The monoisotopic (exact) mass is 301 g/mol. The molecule has 0 radical (unpaired) electrons. The predicted octanol–water partition coefficient (Wildman–Crippen LogP) is 2.00. The lowest BCUT2D eigenvalue weighted by Crippen LogP contribution is -2.41. The fraction of sp³-hybridized carbons (Fsp3) is 0.412. The van der Waals surface area contributed by atoms with Crippen molar-refractivity contribution in [3.8, 4) is 0 Å². The zero-order valence-electron chi connectivity index (χ0n) is 12.4. The Kier molecular flexibility index (Phi) is 4.42. The van der Waals surface area contributed by atoms with Crippen LogP contribution in [0.25, 0.3) is 0 Å². The average Bonchev–Trinajstić information content (AvgIpc) is 2.62. The first-order valence-corrected chi connectivity index (χ1v) is 7.59. The highest BCUT2D eigenvalue weighted by molar-refractivity contribution is 5.98. The van der Waals surface area contributed by atoms with Gasteiger partial charge in [-0.2, -0.15) is 0 Å². The van der Waals surface area contributed by atoms with Crippen LogP contribution in [0.15, 0.2) is 42.4 Å². The molecule has 1 saturated heterocycles. The van der Waals surface area contributed by atoms with Gasteiger partial charge in [-0.3, -0.25) is 9.59 Å². The highest BCUT2D eigenvalue weighted by Crippen LogP contribution is 2.23. The summed E-state index contributed by atoms with van der Waals surface area (Å²) in [5, 5.41) is 0. The Balaban J connectivity index is 1.57. The molecule has 1 aromatic rings. The third-order valence-electron chi connectivity index (χ3n) is 4.07. The molecule has 0 unspecified atom stereocenters. The minimum Gasteiger partial charge on any atom is -0.494 e. The summed E-state index contributed by atoms with van der Waals surface area (Å²) in [6, 6.07) is 9.34. The summed E-state index contributed by atoms with van der Waals surface area (Å²) in [5.74, 6) is 0.275. The number of nitrogens with zero attached hydrogens (tertiary/aromatic N) is 1. The van der Waals surface area contributed by atoms with Crippen molar-refractivity contribution in [3.63, 3.8) is 0 Å². The van der Waals surface area contributed by atoms with Crippen molar-refractivity contribution in [2.75, 3.05) is 26.3 Å². The molecule has 1 amide bonds. The van der Waals surface area contributed by atoms with Gasteiger partial charge >= 0.3 is 0 Å². The lowest BCUT2D eigenvalue weighted by atomic mass is 9.89. The van der Waals surface area contributed by atoms with Crippen LogP contribution in [-0.2, 0) is 14.3 Å². The molecule has 1 fully saturated rings. The van der Waals surface area contributed by atoms with Crippen LogP contribution in [-0.4, -0.2) is 42.9 Å². The van der Waals surface area contributed by atoms with Gasteiger partial charge in [0.1, 0.15) is 19.5 Å². The predicted molar refractivity (Wildman–Crippen MR) is 80.1 cm³/mol. The minimum atomic E-state index is -0.148. The molecule has 22 heavy (non-hydrogen) atoms. The molecule has 0 N–H and O–H groups in total. The molecular formula is C17H19NO4. The number of ether oxygens (including phenoxy) is 2. The first kappa shape index (κ1) is 14.6. The molecule has 0 bridgehead atoms. The first-order chi connectivity index (χ1) is 10.8. The van der Waals surface area contributed by atoms with Crippen molar-refractivity contribution in [2.45, 2.75) is 12.8 Å². The molecule has 0 aromatic heterocycles. The second-order valence-electron chi connectivity index (χ2n) is 5.50. The first-order valence-electron chi connectivity index (χ1n) is 7.59. The second kappa shape index (κ2) is 6.64. The number of amides is 1. The van der Waals surface area contributed by atoms with Crippen LogP contribution in [0, 0.1) is 5.92 Å². The van der Waals surface area contributed by atoms with Gasteiger partial charge in [-0.05, 0) is 12.8 Å². The maximum absolute atomic E-state index is 12.4. The van der Waals surface area contributed by atoms with Crippen LogP contribution in [0.3, 0.4) is 0 Å². The summed E-state index contributed by atoms with van der Waals surface area (Å²) < 4.78 is 10.4. The lowest BCUT2D eigenvalue weighted by molar-refractivity contribution is -0.133. The molecule has 2 aliphatic heterocycles. The summed E-state index contributed by atoms with van der Waals surface area (Å²) in [5.41, 5.74) is 0.749. The van der Waals surface area contributed by atoms with E-state index in [-0.39, 0.29) is 23.4 Å². The van der Waals surface area contributed by atoms with E-state index in [9.17, 15) is 9.59 Å². The summed E-state index contributed by atoms with van der Waals surface area (Å²) in [6.45, 7) is 2.02. The Labute approximate surface area is 129 Å². The van der Waals surface area contributed by atoms with Crippen LogP contribution in [0.4, 0.5) is 0 Å². The highest BCUT2D eigenvalue weighted by Gasteiger charge is 2.30. The van der Waals surface area contributed by atoms with Crippen molar-refractivity contribution in [1.82, 2.24) is 4.90 Å². The maximum Gasteiger partial charge on any atom is 0.292 e. The van der Waals surface area contributed by atoms with Crippen LogP contribution in [0.2, 0.25) is 0 Å². The largest absolute Gasteiger partial charge is 0.494 e. The Hall–Kier alpha value is -2.30. The van der Waals surface area contributed by atoms with Crippen molar-refractivity contribution < 1.29 is 19.1 Å². The molecule has 1 aromatic carbocycles. The van der Waals surface area contributed by atoms with E-state index in [0.29, 0.717) is 39.1 Å². The van der Waals surface area contributed by atoms with Gasteiger partial charge in [-0.15, -0.1) is 0 Å². The number of Topliss-reactive ketones (excluding diaryl/α,β-unsaturated/α-hetero) is 1. The number of carbonyl (C=O) groups excluding carboxylic acids is 2. The van der Waals surface area contributed by atoms with Crippen molar-refractivity contribution in [3.05, 3.63) is 47.9 Å². The third-order valence-corrected chi connectivity index (χ3v) is 4.07. The molecule has 5 nitrogen and oxygen atoms in total. The van der Waals surface area contributed by atoms with Crippen molar-refractivity contribution in [1.29, 1.82) is 0 Å². The topological polar surface area (TPSA) is 55.8 Å². The zero-order valence-corrected chi connectivity index (χ0v) is 12.4. The van der Waals surface area contributed by atoms with Gasteiger partial charge in [-0.1, -0.05) is 30.3 Å². The third kappa shape index (κ3) is 3.13. The Morgan fingerprint density at radius 2 is 1.77 bits per heavy atom. The summed E-state index contributed by atoms with van der Waals surface area (Å²) in [6.07, 6.45) is 2.76. The van der Waals surface area contributed by atoms with E-state index in [0.717, 1.165) is 5.56 Å². The number of rotatable bonds is 3. The summed E-state index contributed by atoms with van der Waals surface area (Å²) in [7, 11) is 0. The molecule has 0 aliphatic carbocycles. The van der Waals surface area contributed by atoms with E-state index >= 15 is 0 Å². The van der Waals surface area contributed by atoms with Crippen LogP contribution in [0.5, 0.6) is 0 Å². The Morgan fingerprint density at radius 1 is 1.05 bits per heavy atom. The van der Waals surface area contributed by atoms with E-state index < -0.39 is 0 Å². The highest BCUT2D eigenvalue weighted by atomic mass is 16.6. The average molecular weight is 301 g/mol. The number of likely N-dealkylation sites (tertiary alicyclic amines) is 1. The SMILES string of the molecule is O=C(c1ccccc1)C1CCN(C(=O)C2=COCCO2)CC1. The standard InChI is InChI=1S/C17H19NO4/c19-16(13-4-2-1-3-5-13)14-6-8-18(9-7-14)17(20)15-12-21-10-11-22-15/h1-5,12,14H,6-11H2. The van der Waals surface area contributed by atoms with Gasteiger partial charge in [0.25, 0.3) is 5.91 Å². The molecule has 0 atom stereocenters.